The zero-order valence-electron chi connectivity index (χ0n) is 19.6. The maximum absolute atomic E-state index is 11.7. The highest BCUT2D eigenvalue weighted by Gasteiger charge is 2.22. The van der Waals surface area contributed by atoms with Crippen LogP contribution in [0, 0.1) is 0 Å². The first-order valence-electron chi connectivity index (χ1n) is 11.6. The Labute approximate surface area is 208 Å². The number of morpholine rings is 1. The highest BCUT2D eigenvalue weighted by molar-refractivity contribution is 5.99. The summed E-state index contributed by atoms with van der Waals surface area (Å²) in [7, 11) is 0. The zero-order valence-corrected chi connectivity index (χ0v) is 19.6. The number of benzene rings is 1. The summed E-state index contributed by atoms with van der Waals surface area (Å²) in [5, 5.41) is 6.85. The molecule has 1 fully saturated rings. The number of nitrogens with two attached hydrogens (primary N) is 1. The molecule has 36 heavy (non-hydrogen) atoms. The van der Waals surface area contributed by atoms with Crippen molar-refractivity contribution in [2.24, 2.45) is 5.73 Å². The van der Waals surface area contributed by atoms with Crippen molar-refractivity contribution in [1.82, 2.24) is 19.9 Å². The predicted molar refractivity (Wildman–Crippen MR) is 140 cm³/mol. The van der Waals surface area contributed by atoms with Crippen molar-refractivity contribution in [3.8, 4) is 11.3 Å². The number of pyridine rings is 2. The van der Waals surface area contributed by atoms with Crippen molar-refractivity contribution in [2.75, 3.05) is 41.8 Å². The Morgan fingerprint density at radius 2 is 2.08 bits per heavy atom. The van der Waals surface area contributed by atoms with E-state index in [-0.39, 0.29) is 11.9 Å². The number of hydrogen-bond acceptors (Lipinski definition) is 9. The Kier molecular flexibility index (Phi) is 6.78. The Balaban J connectivity index is 1.40. The summed E-state index contributed by atoms with van der Waals surface area (Å²) in [6.45, 7) is 6.01. The molecule has 182 valence electrons. The maximum Gasteiger partial charge on any atom is 0.247 e. The largest absolute Gasteiger partial charge is 0.377 e. The summed E-state index contributed by atoms with van der Waals surface area (Å²) in [4.78, 5) is 32.2. The van der Waals surface area contributed by atoms with Crippen LogP contribution in [-0.4, -0.2) is 58.2 Å². The normalized spacial score (nSPS) is 15.5. The van der Waals surface area contributed by atoms with E-state index in [2.05, 4.69) is 37.1 Å². The summed E-state index contributed by atoms with van der Waals surface area (Å²) < 4.78 is 5.53. The van der Waals surface area contributed by atoms with Gasteiger partial charge in [-0.15, -0.1) is 0 Å². The number of carbonyl (C=O) groups excluding carboxylic acids is 1. The second-order valence-electron chi connectivity index (χ2n) is 8.25. The second-order valence-corrected chi connectivity index (χ2v) is 8.25. The van der Waals surface area contributed by atoms with Gasteiger partial charge in [-0.3, -0.25) is 9.78 Å². The molecule has 0 aliphatic carbocycles. The number of nitrogens with zero attached hydrogens (tertiary/aromatic N) is 5. The van der Waals surface area contributed by atoms with Gasteiger partial charge in [0.1, 0.15) is 11.3 Å². The van der Waals surface area contributed by atoms with E-state index in [0.717, 1.165) is 29.0 Å². The molecule has 1 aromatic carbocycles. The first kappa shape index (κ1) is 23.3. The highest BCUT2D eigenvalue weighted by atomic mass is 16.5. The number of ether oxygens (including phenoxy) is 1. The second kappa shape index (κ2) is 10.5. The quantitative estimate of drug-likeness (QED) is 0.340. The molecular formula is C26H26N8O2. The van der Waals surface area contributed by atoms with Crippen molar-refractivity contribution in [2.45, 2.75) is 6.04 Å². The molecule has 0 radical (unpaired) electrons. The van der Waals surface area contributed by atoms with Crippen LogP contribution in [0.2, 0.25) is 0 Å². The highest BCUT2D eigenvalue weighted by Crippen LogP contribution is 2.28. The summed E-state index contributed by atoms with van der Waals surface area (Å²) in [5.41, 5.74) is 9.48. The van der Waals surface area contributed by atoms with Crippen molar-refractivity contribution >= 4 is 40.0 Å². The minimum Gasteiger partial charge on any atom is -0.377 e. The molecule has 1 saturated heterocycles. The van der Waals surface area contributed by atoms with Gasteiger partial charge < -0.3 is 26.0 Å². The molecule has 10 heteroatoms. The molecule has 0 unspecified atom stereocenters. The van der Waals surface area contributed by atoms with Crippen LogP contribution in [0.3, 0.4) is 0 Å². The van der Waals surface area contributed by atoms with Crippen LogP contribution in [0.1, 0.15) is 0 Å². The minimum absolute atomic E-state index is 0.114. The van der Waals surface area contributed by atoms with E-state index < -0.39 is 0 Å². The molecule has 4 N–H and O–H groups in total. The summed E-state index contributed by atoms with van der Waals surface area (Å²) in [6, 6.07) is 13.3. The molecule has 3 aromatic heterocycles. The maximum atomic E-state index is 11.7. The number of anilines is 4. The molecule has 1 aliphatic heterocycles. The van der Waals surface area contributed by atoms with Gasteiger partial charge in [0, 0.05) is 42.1 Å². The fourth-order valence-corrected chi connectivity index (χ4v) is 4.08. The molecule has 0 saturated carbocycles. The molecule has 10 nitrogen and oxygen atoms in total. The molecule has 4 heterocycles. The average Bonchev–Trinajstić information content (AvgIpc) is 2.93. The van der Waals surface area contributed by atoms with Crippen LogP contribution in [0.25, 0.3) is 22.2 Å². The van der Waals surface area contributed by atoms with Crippen LogP contribution in [0.4, 0.5) is 23.1 Å². The van der Waals surface area contributed by atoms with Gasteiger partial charge in [-0.1, -0.05) is 18.7 Å². The first-order valence-corrected chi connectivity index (χ1v) is 11.6. The summed E-state index contributed by atoms with van der Waals surface area (Å²) in [6.07, 6.45) is 6.45. The number of amides is 1. The third-order valence-electron chi connectivity index (χ3n) is 5.89. The van der Waals surface area contributed by atoms with Gasteiger partial charge in [0.2, 0.25) is 11.9 Å². The molecule has 1 amide bonds. The summed E-state index contributed by atoms with van der Waals surface area (Å²) in [5.74, 6) is 1.00. The predicted octanol–water partition coefficient (Wildman–Crippen LogP) is 3.12. The van der Waals surface area contributed by atoms with Gasteiger partial charge in [-0.2, -0.15) is 0 Å². The number of nitrogens with one attached hydrogen (secondary N) is 2. The smallest absolute Gasteiger partial charge is 0.247 e. The number of carbonyl (C=O) groups is 1. The van der Waals surface area contributed by atoms with Crippen molar-refractivity contribution in [3.05, 3.63) is 73.7 Å². The van der Waals surface area contributed by atoms with E-state index >= 15 is 0 Å². The lowest BCUT2D eigenvalue weighted by molar-refractivity contribution is -0.111. The standard InChI is InChI=1S/C26H26N8O2/c1-2-23(35)31-19-5-3-4-17(12-19)24-25-18(8-9-28-24)14-30-26(33-25)32-20-6-7-22(29-15-20)34-10-11-36-16-21(34)13-27/h2-9,12,14-15,21H,1,10-11,13,16,27H2,(H,31,35)(H,30,32,33)/t21-/m1/s1. The first-order chi connectivity index (χ1) is 17.6. The van der Waals surface area contributed by atoms with Gasteiger partial charge in [0.25, 0.3) is 0 Å². The van der Waals surface area contributed by atoms with E-state index in [4.69, 9.17) is 15.5 Å². The molecular weight excluding hydrogens is 456 g/mol. The fraction of sp³-hybridized carbons (Fsp3) is 0.192. The van der Waals surface area contributed by atoms with Crippen LogP contribution in [0.5, 0.6) is 0 Å². The molecule has 0 bridgehead atoms. The van der Waals surface area contributed by atoms with Gasteiger partial charge >= 0.3 is 0 Å². The van der Waals surface area contributed by atoms with E-state index in [1.807, 2.05) is 36.4 Å². The Hall–Kier alpha value is -4.41. The van der Waals surface area contributed by atoms with E-state index in [1.54, 1.807) is 24.7 Å². The van der Waals surface area contributed by atoms with E-state index in [1.165, 1.54) is 6.08 Å². The lowest BCUT2D eigenvalue weighted by Crippen LogP contribution is -2.49. The third kappa shape index (κ3) is 4.99. The monoisotopic (exact) mass is 482 g/mol. The molecule has 1 atom stereocenters. The molecule has 5 rings (SSSR count). The number of hydrogen-bond donors (Lipinski definition) is 3. The zero-order chi connectivity index (χ0) is 24.9. The SMILES string of the molecule is C=CC(=O)Nc1cccc(-c2nccc3cnc(Nc4ccc(N5CCOC[C@H]5CN)nc4)nc23)c1. The topological polar surface area (TPSA) is 131 Å². The molecule has 1 aliphatic rings. The van der Waals surface area contributed by atoms with Crippen LogP contribution < -0.4 is 21.3 Å². The van der Waals surface area contributed by atoms with Gasteiger partial charge in [-0.05, 0) is 36.4 Å². The Morgan fingerprint density at radius 3 is 2.89 bits per heavy atom. The van der Waals surface area contributed by atoms with Crippen LogP contribution >= 0.6 is 0 Å². The number of aromatic nitrogens is 4. The lowest BCUT2D eigenvalue weighted by atomic mass is 10.1. The van der Waals surface area contributed by atoms with Gasteiger partial charge in [0.15, 0.2) is 0 Å². The lowest BCUT2D eigenvalue weighted by Gasteiger charge is -2.35. The number of fused-ring (bicyclic) bond motifs is 1. The number of rotatable bonds is 7. The average molecular weight is 483 g/mol. The fourth-order valence-electron chi connectivity index (χ4n) is 4.08. The van der Waals surface area contributed by atoms with Gasteiger partial charge in [-0.25, -0.2) is 15.0 Å². The van der Waals surface area contributed by atoms with Crippen molar-refractivity contribution < 1.29 is 9.53 Å². The van der Waals surface area contributed by atoms with Gasteiger partial charge in [0.05, 0.1) is 36.8 Å². The Morgan fingerprint density at radius 1 is 1.17 bits per heavy atom. The van der Waals surface area contributed by atoms with Crippen molar-refractivity contribution in [3.63, 3.8) is 0 Å². The molecule has 4 aromatic rings. The van der Waals surface area contributed by atoms with Crippen LogP contribution in [-0.2, 0) is 9.53 Å². The van der Waals surface area contributed by atoms with E-state index in [9.17, 15) is 4.79 Å². The van der Waals surface area contributed by atoms with Crippen molar-refractivity contribution in [1.29, 1.82) is 0 Å². The third-order valence-corrected chi connectivity index (χ3v) is 5.89. The minimum atomic E-state index is -0.279. The van der Waals surface area contributed by atoms with E-state index in [0.29, 0.717) is 42.6 Å². The molecule has 0 spiro atoms. The summed E-state index contributed by atoms with van der Waals surface area (Å²) >= 11 is 0. The van der Waals surface area contributed by atoms with Crippen LogP contribution in [0.15, 0.2) is 73.7 Å². The Bertz CT molecular complexity index is 1390.